The maximum absolute atomic E-state index is 4.77. The van der Waals surface area contributed by atoms with E-state index >= 15 is 0 Å². The van der Waals surface area contributed by atoms with Crippen LogP contribution in [0.2, 0.25) is 0 Å². The zero-order valence-corrected chi connectivity index (χ0v) is 17.2. The van der Waals surface area contributed by atoms with Gasteiger partial charge in [-0.3, -0.25) is 0 Å². The molecule has 0 spiro atoms. The fraction of sp³-hybridized carbons (Fsp3) is 0.364. The molecule has 0 unspecified atom stereocenters. The molecule has 1 saturated heterocycles. The first-order valence-electron chi connectivity index (χ1n) is 9.97. The number of rotatable bonds is 4. The molecule has 1 aromatic carbocycles. The van der Waals surface area contributed by atoms with E-state index in [1.54, 1.807) is 12.4 Å². The van der Waals surface area contributed by atoms with Gasteiger partial charge in [0.15, 0.2) is 0 Å². The van der Waals surface area contributed by atoms with Crippen LogP contribution < -0.4 is 15.1 Å². The predicted octanol–water partition coefficient (Wildman–Crippen LogP) is 3.63. The van der Waals surface area contributed by atoms with E-state index in [0.717, 1.165) is 49.6 Å². The minimum absolute atomic E-state index is 0.0509. The molecule has 0 radical (unpaired) electrons. The molecule has 150 valence electrons. The standard InChI is InChI=1S/C22H27N7/c1-22(2,3)17-7-4-5-8-18(17)26-19-9-12-25-21(27-19)29-15-13-28(14-16-29)20-23-10-6-11-24-20/h4-12H,13-16H2,1-3H3,(H,25,26,27). The number of anilines is 4. The van der Waals surface area contributed by atoms with Crippen LogP contribution in [-0.4, -0.2) is 46.1 Å². The van der Waals surface area contributed by atoms with Crippen LogP contribution in [0.4, 0.5) is 23.4 Å². The minimum atomic E-state index is 0.0509. The highest BCUT2D eigenvalue weighted by Crippen LogP contribution is 2.31. The van der Waals surface area contributed by atoms with Crippen LogP contribution in [-0.2, 0) is 5.41 Å². The van der Waals surface area contributed by atoms with Crippen molar-refractivity contribution in [3.05, 3.63) is 60.6 Å². The second-order valence-electron chi connectivity index (χ2n) is 8.19. The average molecular weight is 390 g/mol. The summed E-state index contributed by atoms with van der Waals surface area (Å²) < 4.78 is 0. The molecule has 3 aromatic rings. The van der Waals surface area contributed by atoms with E-state index in [2.05, 4.69) is 69.0 Å². The van der Waals surface area contributed by atoms with E-state index in [9.17, 15) is 0 Å². The van der Waals surface area contributed by atoms with Crippen molar-refractivity contribution in [3.8, 4) is 0 Å². The maximum Gasteiger partial charge on any atom is 0.227 e. The first kappa shape index (κ1) is 19.1. The molecule has 1 N–H and O–H groups in total. The van der Waals surface area contributed by atoms with Crippen LogP contribution in [0.15, 0.2) is 55.0 Å². The van der Waals surface area contributed by atoms with Crippen molar-refractivity contribution in [1.29, 1.82) is 0 Å². The molecule has 0 aliphatic carbocycles. The number of hydrogen-bond acceptors (Lipinski definition) is 7. The lowest BCUT2D eigenvalue weighted by atomic mass is 9.86. The summed E-state index contributed by atoms with van der Waals surface area (Å²) in [6.45, 7) is 10.0. The summed E-state index contributed by atoms with van der Waals surface area (Å²) in [4.78, 5) is 22.4. The Bertz CT molecular complexity index is 945. The van der Waals surface area contributed by atoms with Crippen molar-refractivity contribution in [2.75, 3.05) is 41.3 Å². The Hall–Kier alpha value is -3.22. The fourth-order valence-corrected chi connectivity index (χ4v) is 3.52. The third-order valence-electron chi connectivity index (χ3n) is 5.04. The number of hydrogen-bond donors (Lipinski definition) is 1. The molecule has 7 nitrogen and oxygen atoms in total. The molecule has 29 heavy (non-hydrogen) atoms. The Morgan fingerprint density at radius 3 is 2.07 bits per heavy atom. The Morgan fingerprint density at radius 1 is 0.759 bits per heavy atom. The van der Waals surface area contributed by atoms with Gasteiger partial charge in [0.05, 0.1) is 0 Å². The summed E-state index contributed by atoms with van der Waals surface area (Å²) in [6.07, 6.45) is 5.38. The third kappa shape index (κ3) is 4.45. The largest absolute Gasteiger partial charge is 0.340 e. The zero-order chi connectivity index (χ0) is 20.3. The van der Waals surface area contributed by atoms with Crippen LogP contribution >= 0.6 is 0 Å². The van der Waals surface area contributed by atoms with Gasteiger partial charge in [-0.25, -0.2) is 15.0 Å². The van der Waals surface area contributed by atoms with Gasteiger partial charge in [0.2, 0.25) is 11.9 Å². The molecule has 2 aromatic heterocycles. The zero-order valence-electron chi connectivity index (χ0n) is 17.2. The van der Waals surface area contributed by atoms with Gasteiger partial charge in [-0.2, -0.15) is 4.98 Å². The molecule has 0 bridgehead atoms. The SMILES string of the molecule is CC(C)(C)c1ccccc1Nc1ccnc(N2CCN(c3ncccn3)CC2)n1. The summed E-state index contributed by atoms with van der Waals surface area (Å²) in [7, 11) is 0. The predicted molar refractivity (Wildman–Crippen MR) is 117 cm³/mol. The molecule has 7 heteroatoms. The molecule has 3 heterocycles. The number of nitrogens with one attached hydrogen (secondary N) is 1. The lowest BCUT2D eigenvalue weighted by Gasteiger charge is -2.34. The summed E-state index contributed by atoms with van der Waals surface area (Å²) in [5.41, 5.74) is 2.39. The van der Waals surface area contributed by atoms with E-state index in [0.29, 0.717) is 0 Å². The van der Waals surface area contributed by atoms with Crippen molar-refractivity contribution < 1.29 is 0 Å². The van der Waals surface area contributed by atoms with Gasteiger partial charge in [0, 0.05) is 50.5 Å². The molecule has 1 fully saturated rings. The topological polar surface area (TPSA) is 70.1 Å². The molecule has 4 rings (SSSR count). The van der Waals surface area contributed by atoms with E-state index < -0.39 is 0 Å². The highest BCUT2D eigenvalue weighted by atomic mass is 15.4. The fourth-order valence-electron chi connectivity index (χ4n) is 3.52. The van der Waals surface area contributed by atoms with Crippen LogP contribution in [0.25, 0.3) is 0 Å². The maximum atomic E-state index is 4.77. The van der Waals surface area contributed by atoms with Gasteiger partial charge in [-0.15, -0.1) is 0 Å². The Labute approximate surface area is 171 Å². The monoisotopic (exact) mass is 389 g/mol. The molecule has 1 aliphatic rings. The lowest BCUT2D eigenvalue weighted by molar-refractivity contribution is 0.592. The van der Waals surface area contributed by atoms with Crippen molar-refractivity contribution in [2.24, 2.45) is 0 Å². The molecular formula is C22H27N7. The van der Waals surface area contributed by atoms with Crippen LogP contribution in [0.1, 0.15) is 26.3 Å². The van der Waals surface area contributed by atoms with Gasteiger partial charge in [-0.1, -0.05) is 39.0 Å². The Balaban J connectivity index is 1.47. The van der Waals surface area contributed by atoms with Crippen molar-refractivity contribution in [3.63, 3.8) is 0 Å². The average Bonchev–Trinajstić information content (AvgIpc) is 2.74. The summed E-state index contributed by atoms with van der Waals surface area (Å²) in [5.74, 6) is 2.33. The van der Waals surface area contributed by atoms with Crippen LogP contribution in [0, 0.1) is 0 Å². The summed E-state index contributed by atoms with van der Waals surface area (Å²) in [5, 5.41) is 3.48. The Kier molecular flexibility index (Phi) is 5.29. The molecule has 0 atom stereocenters. The van der Waals surface area contributed by atoms with Crippen LogP contribution in [0.3, 0.4) is 0 Å². The Morgan fingerprint density at radius 2 is 1.38 bits per heavy atom. The number of nitrogens with zero attached hydrogens (tertiary/aromatic N) is 6. The van der Waals surface area contributed by atoms with Gasteiger partial charge in [0.25, 0.3) is 0 Å². The molecular weight excluding hydrogens is 362 g/mol. The number of aromatic nitrogens is 4. The summed E-state index contributed by atoms with van der Waals surface area (Å²) in [6, 6.07) is 12.1. The highest BCUT2D eigenvalue weighted by Gasteiger charge is 2.21. The van der Waals surface area contributed by atoms with Crippen molar-refractivity contribution in [2.45, 2.75) is 26.2 Å². The van der Waals surface area contributed by atoms with Gasteiger partial charge in [-0.05, 0) is 29.2 Å². The summed E-state index contributed by atoms with van der Waals surface area (Å²) >= 11 is 0. The minimum Gasteiger partial charge on any atom is -0.340 e. The van der Waals surface area contributed by atoms with E-state index in [-0.39, 0.29) is 5.41 Å². The van der Waals surface area contributed by atoms with E-state index in [4.69, 9.17) is 4.98 Å². The molecule has 0 amide bonds. The lowest BCUT2D eigenvalue weighted by Crippen LogP contribution is -2.47. The molecule has 1 aliphatic heterocycles. The van der Waals surface area contributed by atoms with E-state index in [1.807, 2.05) is 24.4 Å². The van der Waals surface area contributed by atoms with Gasteiger partial charge in [0.1, 0.15) is 5.82 Å². The number of para-hydroxylation sites is 1. The van der Waals surface area contributed by atoms with Crippen LogP contribution in [0.5, 0.6) is 0 Å². The van der Waals surface area contributed by atoms with Crippen molar-refractivity contribution >= 4 is 23.4 Å². The normalized spacial score (nSPS) is 14.7. The van der Waals surface area contributed by atoms with Gasteiger partial charge < -0.3 is 15.1 Å². The molecule has 0 saturated carbocycles. The number of piperazine rings is 1. The van der Waals surface area contributed by atoms with E-state index in [1.165, 1.54) is 5.56 Å². The first-order valence-corrected chi connectivity index (χ1v) is 9.97. The first-order chi connectivity index (χ1) is 14.0. The smallest absolute Gasteiger partial charge is 0.227 e. The highest BCUT2D eigenvalue weighted by molar-refractivity contribution is 5.63. The van der Waals surface area contributed by atoms with Crippen molar-refractivity contribution in [1.82, 2.24) is 19.9 Å². The van der Waals surface area contributed by atoms with Gasteiger partial charge >= 0.3 is 0 Å². The second-order valence-corrected chi connectivity index (χ2v) is 8.19. The second kappa shape index (κ2) is 8.03. The number of benzene rings is 1. The third-order valence-corrected chi connectivity index (χ3v) is 5.04. The quantitative estimate of drug-likeness (QED) is 0.730.